The molecule has 1 aromatic heterocycles. The fourth-order valence-electron chi connectivity index (χ4n) is 2.58. The highest BCUT2D eigenvalue weighted by atomic mass is 32.2. The third-order valence-corrected chi connectivity index (χ3v) is 4.91. The summed E-state index contributed by atoms with van der Waals surface area (Å²) in [6, 6.07) is 6.62. The molecule has 5 heteroatoms. The lowest BCUT2D eigenvalue weighted by Crippen LogP contribution is -2.35. The maximum Gasteiger partial charge on any atom is 0.121 e. The summed E-state index contributed by atoms with van der Waals surface area (Å²) in [7, 11) is 1.69. The van der Waals surface area contributed by atoms with Crippen LogP contribution in [0.2, 0.25) is 0 Å². The van der Waals surface area contributed by atoms with Gasteiger partial charge < -0.3 is 15.0 Å². The largest absolute Gasteiger partial charge is 0.497 e. The predicted molar refractivity (Wildman–Crippen MR) is 84.7 cm³/mol. The summed E-state index contributed by atoms with van der Waals surface area (Å²) in [5.41, 5.74) is 2.06. The highest BCUT2D eigenvalue weighted by molar-refractivity contribution is 7.99. The summed E-state index contributed by atoms with van der Waals surface area (Å²) < 4.78 is 5.23. The van der Waals surface area contributed by atoms with Gasteiger partial charge in [-0.05, 0) is 30.7 Å². The van der Waals surface area contributed by atoms with Crippen LogP contribution in [0.3, 0.4) is 0 Å². The first-order chi connectivity index (χ1) is 9.85. The number of hydrogen-bond acceptors (Lipinski definition) is 4. The fraction of sp³-hybridized carbons (Fsp3) is 0.533. The molecule has 4 nitrogen and oxygen atoms in total. The molecule has 0 radical (unpaired) electrons. The van der Waals surface area contributed by atoms with Crippen LogP contribution >= 0.6 is 11.8 Å². The van der Waals surface area contributed by atoms with Gasteiger partial charge in [-0.1, -0.05) is 0 Å². The van der Waals surface area contributed by atoms with E-state index in [1.807, 2.05) is 18.2 Å². The monoisotopic (exact) mass is 291 g/mol. The van der Waals surface area contributed by atoms with Gasteiger partial charge in [0.05, 0.1) is 18.1 Å². The van der Waals surface area contributed by atoms with Gasteiger partial charge in [0.1, 0.15) is 11.6 Å². The van der Waals surface area contributed by atoms with E-state index in [4.69, 9.17) is 4.74 Å². The minimum atomic E-state index is 0.679. The highest BCUT2D eigenvalue weighted by Gasteiger charge is 2.12. The first-order valence-corrected chi connectivity index (χ1v) is 8.34. The maximum atomic E-state index is 5.23. The van der Waals surface area contributed by atoms with Crippen molar-refractivity contribution in [1.29, 1.82) is 0 Å². The van der Waals surface area contributed by atoms with Crippen molar-refractivity contribution in [3.63, 3.8) is 0 Å². The Kier molecular flexibility index (Phi) is 4.47. The molecule has 20 heavy (non-hydrogen) atoms. The molecular weight excluding hydrogens is 270 g/mol. The van der Waals surface area contributed by atoms with E-state index < -0.39 is 0 Å². The molecular formula is C15H21N3OS. The molecule has 1 saturated heterocycles. The predicted octanol–water partition coefficient (Wildman–Crippen LogP) is 2.60. The third kappa shape index (κ3) is 3.27. The Hall–Kier alpha value is -1.20. The first kappa shape index (κ1) is 13.8. The molecule has 0 aliphatic carbocycles. The van der Waals surface area contributed by atoms with Gasteiger partial charge in [0.25, 0.3) is 0 Å². The number of nitrogens with zero attached hydrogens (tertiary/aromatic N) is 1. The van der Waals surface area contributed by atoms with Gasteiger partial charge in [0, 0.05) is 30.8 Å². The first-order valence-electron chi connectivity index (χ1n) is 7.19. The Morgan fingerprint density at radius 3 is 3.25 bits per heavy atom. The smallest absolute Gasteiger partial charge is 0.121 e. The molecule has 0 unspecified atom stereocenters. The number of ether oxygens (including phenoxy) is 1. The van der Waals surface area contributed by atoms with Crippen LogP contribution in [0, 0.1) is 0 Å². The van der Waals surface area contributed by atoms with E-state index in [1.165, 1.54) is 24.3 Å². The van der Waals surface area contributed by atoms with Gasteiger partial charge in [0.15, 0.2) is 0 Å². The van der Waals surface area contributed by atoms with Gasteiger partial charge in [-0.15, -0.1) is 0 Å². The zero-order chi connectivity index (χ0) is 13.8. The van der Waals surface area contributed by atoms with Crippen molar-refractivity contribution in [2.24, 2.45) is 0 Å². The van der Waals surface area contributed by atoms with Crippen LogP contribution in [0.25, 0.3) is 11.0 Å². The van der Waals surface area contributed by atoms with Crippen molar-refractivity contribution in [3.8, 4) is 5.75 Å². The Labute approximate surface area is 123 Å². The number of benzene rings is 1. The fourth-order valence-corrected chi connectivity index (χ4v) is 3.69. The number of aromatic nitrogens is 2. The molecule has 2 N–H and O–H groups in total. The number of H-pyrrole nitrogens is 1. The van der Waals surface area contributed by atoms with Gasteiger partial charge in [0.2, 0.25) is 0 Å². The van der Waals surface area contributed by atoms with Gasteiger partial charge in [-0.25, -0.2) is 4.98 Å². The van der Waals surface area contributed by atoms with E-state index in [2.05, 4.69) is 27.0 Å². The maximum absolute atomic E-state index is 5.23. The third-order valence-electron chi connectivity index (χ3n) is 3.69. The molecule has 0 bridgehead atoms. The van der Waals surface area contributed by atoms with E-state index in [1.54, 1.807) is 7.11 Å². The summed E-state index contributed by atoms with van der Waals surface area (Å²) in [5.74, 6) is 4.48. The van der Waals surface area contributed by atoms with Crippen molar-refractivity contribution in [1.82, 2.24) is 15.3 Å². The summed E-state index contributed by atoms with van der Waals surface area (Å²) >= 11 is 2.06. The van der Waals surface area contributed by atoms with Crippen LogP contribution < -0.4 is 10.1 Å². The SMILES string of the molecule is COc1ccc2nc(CCN[C@H]3CCCSC3)[nH]c2c1. The second kappa shape index (κ2) is 6.50. The van der Waals surface area contributed by atoms with E-state index in [9.17, 15) is 0 Å². The number of aromatic amines is 1. The number of nitrogens with one attached hydrogen (secondary N) is 2. The molecule has 108 valence electrons. The van der Waals surface area contributed by atoms with Crippen molar-refractivity contribution in [2.75, 3.05) is 25.2 Å². The van der Waals surface area contributed by atoms with Gasteiger partial charge in [-0.2, -0.15) is 11.8 Å². The highest BCUT2D eigenvalue weighted by Crippen LogP contribution is 2.19. The number of methoxy groups -OCH3 is 1. The van der Waals surface area contributed by atoms with E-state index >= 15 is 0 Å². The number of thioether (sulfide) groups is 1. The average molecular weight is 291 g/mol. The summed E-state index contributed by atoms with van der Waals surface area (Å²) in [6.45, 7) is 0.988. The van der Waals surface area contributed by atoms with Crippen LogP contribution in [0.1, 0.15) is 18.7 Å². The second-order valence-corrected chi connectivity index (χ2v) is 6.33. The molecule has 3 rings (SSSR count). The summed E-state index contributed by atoms with van der Waals surface area (Å²) in [5, 5.41) is 3.63. The van der Waals surface area contributed by atoms with Crippen molar-refractivity contribution in [2.45, 2.75) is 25.3 Å². The minimum absolute atomic E-state index is 0.679. The van der Waals surface area contributed by atoms with Crippen LogP contribution in [0.4, 0.5) is 0 Å². The molecule has 1 atom stereocenters. The topological polar surface area (TPSA) is 49.9 Å². The van der Waals surface area contributed by atoms with Crippen LogP contribution in [0.5, 0.6) is 5.75 Å². The zero-order valence-electron chi connectivity index (χ0n) is 11.8. The van der Waals surface area contributed by atoms with Crippen LogP contribution in [0.15, 0.2) is 18.2 Å². The molecule has 0 spiro atoms. The molecule has 1 aromatic carbocycles. The molecule has 1 aliphatic rings. The molecule has 1 aliphatic heterocycles. The minimum Gasteiger partial charge on any atom is -0.497 e. The Morgan fingerprint density at radius 1 is 1.50 bits per heavy atom. The lowest BCUT2D eigenvalue weighted by molar-refractivity contribution is 0.415. The van der Waals surface area contributed by atoms with E-state index in [0.29, 0.717) is 6.04 Å². The lowest BCUT2D eigenvalue weighted by Gasteiger charge is -2.22. The average Bonchev–Trinajstić information content (AvgIpc) is 2.90. The van der Waals surface area contributed by atoms with E-state index in [-0.39, 0.29) is 0 Å². The Morgan fingerprint density at radius 2 is 2.45 bits per heavy atom. The number of imidazole rings is 1. The van der Waals surface area contributed by atoms with Crippen molar-refractivity contribution < 1.29 is 4.74 Å². The van der Waals surface area contributed by atoms with Gasteiger partial charge in [-0.3, -0.25) is 0 Å². The molecule has 0 saturated carbocycles. The van der Waals surface area contributed by atoms with Crippen molar-refractivity contribution in [3.05, 3.63) is 24.0 Å². The van der Waals surface area contributed by atoms with Crippen LogP contribution in [-0.4, -0.2) is 41.2 Å². The number of hydrogen-bond donors (Lipinski definition) is 2. The Bertz CT molecular complexity index is 563. The lowest BCUT2D eigenvalue weighted by atomic mass is 10.2. The molecule has 2 aromatic rings. The second-order valence-electron chi connectivity index (χ2n) is 5.18. The summed E-state index contributed by atoms with van der Waals surface area (Å²) in [4.78, 5) is 7.99. The Balaban J connectivity index is 1.57. The number of fused-ring (bicyclic) bond motifs is 1. The quantitative estimate of drug-likeness (QED) is 0.889. The molecule has 0 amide bonds. The zero-order valence-corrected chi connectivity index (χ0v) is 12.6. The molecule has 1 fully saturated rings. The molecule has 2 heterocycles. The number of rotatable bonds is 5. The van der Waals surface area contributed by atoms with E-state index in [0.717, 1.165) is 35.6 Å². The normalized spacial score (nSPS) is 19.4. The van der Waals surface area contributed by atoms with Crippen molar-refractivity contribution >= 4 is 22.8 Å². The van der Waals surface area contributed by atoms with Crippen LogP contribution in [-0.2, 0) is 6.42 Å². The summed E-state index contributed by atoms with van der Waals surface area (Å²) in [6.07, 6.45) is 3.59. The standard InChI is InChI=1S/C15H21N3OS/c1-19-12-4-5-13-14(9-12)18-15(17-13)6-7-16-11-3-2-8-20-10-11/h4-5,9,11,16H,2-3,6-8,10H2,1H3,(H,17,18)/t11-/m0/s1. The van der Waals surface area contributed by atoms with Gasteiger partial charge >= 0.3 is 0 Å².